The molecule has 19 heavy (non-hydrogen) atoms. The third-order valence-electron chi connectivity index (χ3n) is 4.38. The number of rotatable bonds is 3. The Hall–Kier alpha value is -1.02. The number of nitrogens with zero attached hydrogens (tertiary/aromatic N) is 1. The molecular weight excluding hydrogens is 232 g/mol. The van der Waals surface area contributed by atoms with Crippen molar-refractivity contribution in [2.45, 2.75) is 57.5 Å². The molecule has 0 bridgehead atoms. The van der Waals surface area contributed by atoms with Crippen molar-refractivity contribution in [3.8, 4) is 0 Å². The summed E-state index contributed by atoms with van der Waals surface area (Å²) in [5.74, 6) is 0. The third kappa shape index (κ3) is 2.94. The summed E-state index contributed by atoms with van der Waals surface area (Å²) in [7, 11) is 0. The van der Waals surface area contributed by atoms with Crippen molar-refractivity contribution < 1.29 is 0 Å². The third-order valence-corrected chi connectivity index (χ3v) is 4.38. The Labute approximate surface area is 117 Å². The zero-order valence-corrected chi connectivity index (χ0v) is 12.4. The molecule has 104 valence electrons. The van der Waals surface area contributed by atoms with Crippen LogP contribution >= 0.6 is 0 Å². The van der Waals surface area contributed by atoms with Gasteiger partial charge < -0.3 is 5.32 Å². The molecule has 1 heterocycles. The average molecular weight is 258 g/mol. The highest BCUT2D eigenvalue weighted by Crippen LogP contribution is 2.33. The van der Waals surface area contributed by atoms with Gasteiger partial charge in [-0.2, -0.15) is 0 Å². The van der Waals surface area contributed by atoms with Crippen molar-refractivity contribution in [2.24, 2.45) is 0 Å². The molecule has 0 spiro atoms. The summed E-state index contributed by atoms with van der Waals surface area (Å²) in [4.78, 5) is 2.66. The fraction of sp³-hybridized carbons (Fsp3) is 0.647. The molecule has 1 N–H and O–H groups in total. The van der Waals surface area contributed by atoms with Crippen molar-refractivity contribution in [1.82, 2.24) is 4.90 Å². The summed E-state index contributed by atoms with van der Waals surface area (Å²) < 4.78 is 0. The first-order valence-electron chi connectivity index (χ1n) is 7.64. The van der Waals surface area contributed by atoms with Crippen LogP contribution < -0.4 is 5.32 Å². The van der Waals surface area contributed by atoms with Crippen LogP contribution in [0, 0.1) is 0 Å². The van der Waals surface area contributed by atoms with Crippen LogP contribution in [-0.4, -0.2) is 30.1 Å². The second-order valence-electron chi connectivity index (χ2n) is 7.15. The number of para-hydroxylation sites is 1. The van der Waals surface area contributed by atoms with Gasteiger partial charge in [0.15, 0.2) is 0 Å². The van der Waals surface area contributed by atoms with Crippen LogP contribution in [-0.2, 0) is 5.41 Å². The number of nitrogens with one attached hydrogen (secondary N) is 1. The van der Waals surface area contributed by atoms with Gasteiger partial charge in [0.2, 0.25) is 0 Å². The minimum Gasteiger partial charge on any atom is -0.381 e. The molecule has 0 aromatic heterocycles. The molecule has 1 aromatic carbocycles. The Balaban J connectivity index is 1.70. The second kappa shape index (κ2) is 4.82. The largest absolute Gasteiger partial charge is 0.381 e. The number of anilines is 1. The lowest BCUT2D eigenvalue weighted by Crippen LogP contribution is -2.28. The Morgan fingerprint density at radius 2 is 1.84 bits per heavy atom. The first-order valence-corrected chi connectivity index (χ1v) is 7.64. The van der Waals surface area contributed by atoms with E-state index in [1.54, 1.807) is 0 Å². The molecule has 1 aliphatic heterocycles. The SMILES string of the molecule is CC(C)(C)c1ccccc1NC1CCN(C2CC2)C1. The van der Waals surface area contributed by atoms with E-state index in [1.165, 1.54) is 43.6 Å². The van der Waals surface area contributed by atoms with Gasteiger partial charge in [-0.05, 0) is 36.3 Å². The molecule has 2 fully saturated rings. The Kier molecular flexibility index (Phi) is 3.30. The maximum Gasteiger partial charge on any atom is 0.0400 e. The summed E-state index contributed by atoms with van der Waals surface area (Å²) in [5, 5.41) is 3.79. The van der Waals surface area contributed by atoms with E-state index in [9.17, 15) is 0 Å². The molecule has 2 heteroatoms. The van der Waals surface area contributed by atoms with E-state index >= 15 is 0 Å². The Morgan fingerprint density at radius 1 is 1.11 bits per heavy atom. The van der Waals surface area contributed by atoms with Gasteiger partial charge in [0, 0.05) is 30.9 Å². The van der Waals surface area contributed by atoms with Gasteiger partial charge in [-0.1, -0.05) is 39.0 Å². The summed E-state index contributed by atoms with van der Waals surface area (Å²) in [6.45, 7) is 9.37. The molecule has 1 saturated heterocycles. The lowest BCUT2D eigenvalue weighted by Gasteiger charge is -2.25. The van der Waals surface area contributed by atoms with Gasteiger partial charge >= 0.3 is 0 Å². The number of hydrogen-bond acceptors (Lipinski definition) is 2. The maximum atomic E-state index is 3.79. The predicted octanol–water partition coefficient (Wildman–Crippen LogP) is 3.63. The molecule has 2 nitrogen and oxygen atoms in total. The van der Waals surface area contributed by atoms with Gasteiger partial charge in [0.05, 0.1) is 0 Å². The molecule has 3 rings (SSSR count). The van der Waals surface area contributed by atoms with Crippen LogP contribution in [0.1, 0.15) is 45.6 Å². The molecule has 1 atom stereocenters. The van der Waals surface area contributed by atoms with Crippen molar-refractivity contribution in [1.29, 1.82) is 0 Å². The van der Waals surface area contributed by atoms with Crippen LogP contribution in [0.3, 0.4) is 0 Å². The van der Waals surface area contributed by atoms with E-state index in [0.717, 1.165) is 6.04 Å². The molecule has 1 aliphatic carbocycles. The topological polar surface area (TPSA) is 15.3 Å². The lowest BCUT2D eigenvalue weighted by atomic mass is 9.85. The quantitative estimate of drug-likeness (QED) is 0.890. The Bertz CT molecular complexity index is 443. The van der Waals surface area contributed by atoms with Crippen molar-refractivity contribution in [3.05, 3.63) is 29.8 Å². The highest BCUT2D eigenvalue weighted by molar-refractivity contribution is 5.54. The van der Waals surface area contributed by atoms with Gasteiger partial charge in [0.25, 0.3) is 0 Å². The normalized spacial score (nSPS) is 24.7. The fourth-order valence-electron chi connectivity index (χ4n) is 3.16. The zero-order valence-electron chi connectivity index (χ0n) is 12.4. The van der Waals surface area contributed by atoms with Gasteiger partial charge in [-0.3, -0.25) is 4.90 Å². The molecule has 2 aliphatic rings. The van der Waals surface area contributed by atoms with Crippen LogP contribution in [0.5, 0.6) is 0 Å². The van der Waals surface area contributed by atoms with E-state index in [0.29, 0.717) is 6.04 Å². The minimum atomic E-state index is 0.207. The van der Waals surface area contributed by atoms with Crippen LogP contribution in [0.4, 0.5) is 5.69 Å². The smallest absolute Gasteiger partial charge is 0.0400 e. The monoisotopic (exact) mass is 258 g/mol. The standard InChI is InChI=1S/C17H26N2/c1-17(2,3)15-6-4-5-7-16(15)18-13-10-11-19(12-13)14-8-9-14/h4-7,13-14,18H,8-12H2,1-3H3. The minimum absolute atomic E-state index is 0.207. The molecule has 0 radical (unpaired) electrons. The second-order valence-corrected chi connectivity index (χ2v) is 7.15. The number of hydrogen-bond donors (Lipinski definition) is 1. The highest BCUT2D eigenvalue weighted by Gasteiger charge is 2.34. The van der Waals surface area contributed by atoms with E-state index in [1.807, 2.05) is 0 Å². The van der Waals surface area contributed by atoms with E-state index < -0.39 is 0 Å². The summed E-state index contributed by atoms with van der Waals surface area (Å²) in [6, 6.07) is 10.3. The molecule has 1 saturated carbocycles. The van der Waals surface area contributed by atoms with Crippen molar-refractivity contribution in [2.75, 3.05) is 18.4 Å². The first-order chi connectivity index (χ1) is 9.04. The van der Waals surface area contributed by atoms with Crippen LogP contribution in [0.15, 0.2) is 24.3 Å². The molecule has 1 unspecified atom stereocenters. The van der Waals surface area contributed by atoms with Crippen molar-refractivity contribution >= 4 is 5.69 Å². The summed E-state index contributed by atoms with van der Waals surface area (Å²) in [6.07, 6.45) is 4.13. The van der Waals surface area contributed by atoms with Gasteiger partial charge in [-0.15, -0.1) is 0 Å². The summed E-state index contributed by atoms with van der Waals surface area (Å²) >= 11 is 0. The molecule has 1 aromatic rings. The van der Waals surface area contributed by atoms with Gasteiger partial charge in [0.1, 0.15) is 0 Å². The van der Waals surface area contributed by atoms with Gasteiger partial charge in [-0.25, -0.2) is 0 Å². The predicted molar refractivity (Wildman–Crippen MR) is 81.8 cm³/mol. The Morgan fingerprint density at radius 3 is 2.53 bits per heavy atom. The van der Waals surface area contributed by atoms with Crippen molar-refractivity contribution in [3.63, 3.8) is 0 Å². The molecular formula is C17H26N2. The van der Waals surface area contributed by atoms with Crippen LogP contribution in [0.25, 0.3) is 0 Å². The van der Waals surface area contributed by atoms with E-state index in [4.69, 9.17) is 0 Å². The molecule has 0 amide bonds. The highest BCUT2D eigenvalue weighted by atomic mass is 15.2. The number of likely N-dealkylation sites (tertiary alicyclic amines) is 1. The van der Waals surface area contributed by atoms with Crippen LogP contribution in [0.2, 0.25) is 0 Å². The fourth-order valence-corrected chi connectivity index (χ4v) is 3.16. The van der Waals surface area contributed by atoms with E-state index in [2.05, 4.69) is 55.3 Å². The summed E-state index contributed by atoms with van der Waals surface area (Å²) in [5.41, 5.74) is 2.97. The van der Waals surface area contributed by atoms with E-state index in [-0.39, 0.29) is 5.41 Å². The zero-order chi connectivity index (χ0) is 13.5. The lowest BCUT2D eigenvalue weighted by molar-refractivity contribution is 0.326. The first kappa shape index (κ1) is 13.0. The maximum absolute atomic E-state index is 3.79. The average Bonchev–Trinajstić information content (AvgIpc) is 3.10. The number of benzene rings is 1.